The van der Waals surface area contributed by atoms with Gasteiger partial charge in [0.25, 0.3) is 5.95 Å². The van der Waals surface area contributed by atoms with E-state index in [0.717, 1.165) is 16.6 Å². The molecule has 3 heterocycles. The zero-order chi connectivity index (χ0) is 12.5. The summed E-state index contributed by atoms with van der Waals surface area (Å²) in [7, 11) is 0. The Hall–Kier alpha value is -2.30. The summed E-state index contributed by atoms with van der Waals surface area (Å²) in [5.74, 6) is 0.972. The van der Waals surface area contributed by atoms with Crippen LogP contribution < -0.4 is 0 Å². The standard InChI is InChI=1S/C13H13N5/c1-9(2)11-6-15-13(16-7-11)18-12-10(8-17-18)4-3-5-14-12/h3-9H,1-2H3. The second-order valence-corrected chi connectivity index (χ2v) is 4.44. The molecule has 0 saturated carbocycles. The smallest absolute Gasteiger partial charge is 0.236 e. The van der Waals surface area contributed by atoms with E-state index in [1.165, 1.54) is 0 Å². The highest BCUT2D eigenvalue weighted by Gasteiger charge is 2.08. The lowest BCUT2D eigenvalue weighted by Crippen LogP contribution is -2.04. The van der Waals surface area contributed by atoms with Crippen molar-refractivity contribution in [2.24, 2.45) is 0 Å². The number of nitrogens with zero attached hydrogens (tertiary/aromatic N) is 5. The maximum atomic E-state index is 4.34. The highest BCUT2D eigenvalue weighted by Crippen LogP contribution is 2.15. The van der Waals surface area contributed by atoms with Crippen LogP contribution in [0.3, 0.4) is 0 Å². The van der Waals surface area contributed by atoms with Crippen molar-refractivity contribution in [3.8, 4) is 5.95 Å². The fraction of sp³-hybridized carbons (Fsp3) is 0.231. The largest absolute Gasteiger partial charge is 0.252 e. The molecule has 0 fully saturated rings. The van der Waals surface area contributed by atoms with Crippen LogP contribution in [0.25, 0.3) is 17.0 Å². The van der Waals surface area contributed by atoms with Gasteiger partial charge in [-0.1, -0.05) is 13.8 Å². The SMILES string of the molecule is CC(C)c1cnc(-n2ncc3cccnc32)nc1. The second-order valence-electron chi connectivity index (χ2n) is 4.44. The van der Waals surface area contributed by atoms with Crippen molar-refractivity contribution in [2.45, 2.75) is 19.8 Å². The van der Waals surface area contributed by atoms with Gasteiger partial charge in [0.05, 0.1) is 6.20 Å². The average Bonchev–Trinajstić information content (AvgIpc) is 2.82. The summed E-state index contributed by atoms with van der Waals surface area (Å²) >= 11 is 0. The predicted molar refractivity (Wildman–Crippen MR) is 68.5 cm³/mol. The Labute approximate surface area is 105 Å². The monoisotopic (exact) mass is 239 g/mol. The van der Waals surface area contributed by atoms with E-state index in [9.17, 15) is 0 Å². The fourth-order valence-corrected chi connectivity index (χ4v) is 1.75. The second kappa shape index (κ2) is 4.18. The molecule has 0 atom stereocenters. The topological polar surface area (TPSA) is 56.5 Å². The highest BCUT2D eigenvalue weighted by atomic mass is 15.4. The molecule has 3 aromatic heterocycles. The minimum absolute atomic E-state index is 0.423. The fourth-order valence-electron chi connectivity index (χ4n) is 1.75. The highest BCUT2D eigenvalue weighted by molar-refractivity contribution is 5.75. The molecule has 0 radical (unpaired) electrons. The van der Waals surface area contributed by atoms with Crippen LogP contribution in [-0.2, 0) is 0 Å². The van der Waals surface area contributed by atoms with E-state index in [2.05, 4.69) is 33.9 Å². The summed E-state index contributed by atoms with van der Waals surface area (Å²) in [6, 6.07) is 3.85. The molecule has 0 aromatic carbocycles. The van der Waals surface area contributed by atoms with Crippen LogP contribution in [0.4, 0.5) is 0 Å². The Morgan fingerprint density at radius 1 is 1.06 bits per heavy atom. The summed E-state index contributed by atoms with van der Waals surface area (Å²) in [4.78, 5) is 13.0. The normalized spacial score (nSPS) is 11.3. The molecule has 0 aliphatic carbocycles. The number of fused-ring (bicyclic) bond motifs is 1. The Morgan fingerprint density at radius 3 is 2.56 bits per heavy atom. The average molecular weight is 239 g/mol. The van der Waals surface area contributed by atoms with E-state index < -0.39 is 0 Å². The zero-order valence-electron chi connectivity index (χ0n) is 10.3. The van der Waals surface area contributed by atoms with Gasteiger partial charge in [-0.25, -0.2) is 15.0 Å². The van der Waals surface area contributed by atoms with Gasteiger partial charge in [-0.2, -0.15) is 9.78 Å². The van der Waals surface area contributed by atoms with E-state index in [-0.39, 0.29) is 0 Å². The molecule has 0 aliphatic rings. The molecule has 3 rings (SSSR count). The van der Waals surface area contributed by atoms with Crippen LogP contribution in [0.5, 0.6) is 0 Å². The first-order valence-electron chi connectivity index (χ1n) is 5.87. The molecule has 0 amide bonds. The molecule has 0 unspecified atom stereocenters. The number of pyridine rings is 1. The minimum Gasteiger partial charge on any atom is -0.236 e. The van der Waals surface area contributed by atoms with Crippen molar-refractivity contribution in [3.63, 3.8) is 0 Å². The Balaban J connectivity index is 2.09. The lowest BCUT2D eigenvalue weighted by molar-refractivity contribution is 0.793. The molecule has 0 spiro atoms. The van der Waals surface area contributed by atoms with Gasteiger partial charge in [0.15, 0.2) is 5.65 Å². The van der Waals surface area contributed by atoms with Gasteiger partial charge in [-0.3, -0.25) is 0 Å². The van der Waals surface area contributed by atoms with Gasteiger partial charge in [0.1, 0.15) is 0 Å². The molecule has 5 heteroatoms. The van der Waals surface area contributed by atoms with Crippen molar-refractivity contribution in [3.05, 3.63) is 42.5 Å². The van der Waals surface area contributed by atoms with Crippen LogP contribution in [-0.4, -0.2) is 24.7 Å². The van der Waals surface area contributed by atoms with E-state index in [4.69, 9.17) is 0 Å². The summed E-state index contributed by atoms with van der Waals surface area (Å²) in [5, 5.41) is 5.25. The number of rotatable bonds is 2. The van der Waals surface area contributed by atoms with Gasteiger partial charge in [0.2, 0.25) is 0 Å². The molecule has 0 bridgehead atoms. The van der Waals surface area contributed by atoms with Crippen molar-refractivity contribution >= 4 is 11.0 Å². The van der Waals surface area contributed by atoms with Crippen molar-refractivity contribution < 1.29 is 0 Å². The van der Waals surface area contributed by atoms with E-state index in [1.54, 1.807) is 17.1 Å². The molecule has 0 N–H and O–H groups in total. The third kappa shape index (κ3) is 1.73. The summed E-state index contributed by atoms with van der Waals surface area (Å²) in [6.45, 7) is 4.23. The van der Waals surface area contributed by atoms with Gasteiger partial charge >= 0.3 is 0 Å². The molecular formula is C13H13N5. The molecule has 90 valence electrons. The first-order valence-corrected chi connectivity index (χ1v) is 5.87. The third-order valence-corrected chi connectivity index (χ3v) is 2.84. The third-order valence-electron chi connectivity index (χ3n) is 2.84. The number of hydrogen-bond donors (Lipinski definition) is 0. The van der Waals surface area contributed by atoms with E-state index in [1.807, 2.05) is 24.5 Å². The van der Waals surface area contributed by atoms with Crippen LogP contribution in [0, 0.1) is 0 Å². The first kappa shape index (κ1) is 10.8. The lowest BCUT2D eigenvalue weighted by atomic mass is 10.1. The maximum absolute atomic E-state index is 4.34. The molecule has 18 heavy (non-hydrogen) atoms. The van der Waals surface area contributed by atoms with Crippen molar-refractivity contribution in [1.82, 2.24) is 24.7 Å². The van der Waals surface area contributed by atoms with Gasteiger partial charge in [-0.05, 0) is 23.6 Å². The summed E-state index contributed by atoms with van der Waals surface area (Å²) in [6.07, 6.45) is 7.18. The molecule has 3 aromatic rings. The molecule has 0 saturated heterocycles. The molecule has 5 nitrogen and oxygen atoms in total. The van der Waals surface area contributed by atoms with E-state index >= 15 is 0 Å². The maximum Gasteiger partial charge on any atom is 0.252 e. The zero-order valence-corrected chi connectivity index (χ0v) is 10.3. The Kier molecular flexibility index (Phi) is 2.51. The predicted octanol–water partition coefficient (Wildman–Crippen LogP) is 2.33. The van der Waals surface area contributed by atoms with Crippen LogP contribution >= 0.6 is 0 Å². The van der Waals surface area contributed by atoms with Crippen LogP contribution in [0.2, 0.25) is 0 Å². The number of aromatic nitrogens is 5. The first-order chi connectivity index (χ1) is 8.75. The molecule has 0 aliphatic heterocycles. The van der Waals surface area contributed by atoms with Crippen LogP contribution in [0.15, 0.2) is 36.9 Å². The van der Waals surface area contributed by atoms with Gasteiger partial charge in [0, 0.05) is 24.0 Å². The van der Waals surface area contributed by atoms with Gasteiger partial charge < -0.3 is 0 Å². The van der Waals surface area contributed by atoms with Crippen molar-refractivity contribution in [2.75, 3.05) is 0 Å². The van der Waals surface area contributed by atoms with Crippen LogP contribution in [0.1, 0.15) is 25.3 Å². The van der Waals surface area contributed by atoms with Gasteiger partial charge in [-0.15, -0.1) is 0 Å². The summed E-state index contributed by atoms with van der Waals surface area (Å²) in [5.41, 5.74) is 1.89. The Bertz CT molecular complexity index is 669. The quantitative estimate of drug-likeness (QED) is 0.688. The Morgan fingerprint density at radius 2 is 1.83 bits per heavy atom. The van der Waals surface area contributed by atoms with Crippen molar-refractivity contribution in [1.29, 1.82) is 0 Å². The minimum atomic E-state index is 0.423. The lowest BCUT2D eigenvalue weighted by Gasteiger charge is -2.05. The van der Waals surface area contributed by atoms with E-state index in [0.29, 0.717) is 11.9 Å². The summed E-state index contributed by atoms with van der Waals surface area (Å²) < 4.78 is 1.65. The number of hydrogen-bond acceptors (Lipinski definition) is 4. The molecular weight excluding hydrogens is 226 g/mol.